The molecule has 1 aromatic carbocycles. The largest absolute Gasteiger partial charge is 0.452 e. The van der Waals surface area contributed by atoms with Gasteiger partial charge < -0.3 is 9.64 Å². The molecule has 0 saturated carbocycles. The third kappa shape index (κ3) is 4.34. The highest BCUT2D eigenvalue weighted by molar-refractivity contribution is 6.31. The van der Waals surface area contributed by atoms with Gasteiger partial charge in [0.05, 0.1) is 11.3 Å². The normalized spacial score (nSPS) is 11.1. The Bertz CT molecular complexity index is 1050. The Morgan fingerprint density at radius 3 is 2.76 bits per heavy atom. The van der Waals surface area contributed by atoms with E-state index in [1.807, 2.05) is 13.8 Å². The molecule has 0 bridgehead atoms. The second kappa shape index (κ2) is 8.52. The topological polar surface area (TPSA) is 89.7 Å². The Balaban J connectivity index is 1.70. The van der Waals surface area contributed by atoms with Crippen LogP contribution in [0.15, 0.2) is 30.7 Å². The van der Waals surface area contributed by atoms with E-state index in [1.165, 1.54) is 41.1 Å². The quantitative estimate of drug-likeness (QED) is 0.571. The number of aromatic nitrogens is 4. The van der Waals surface area contributed by atoms with Crippen LogP contribution in [0.2, 0.25) is 5.02 Å². The summed E-state index contributed by atoms with van der Waals surface area (Å²) in [7, 11) is 1.47. The predicted octanol–water partition coefficient (Wildman–Crippen LogP) is 2.86. The maximum absolute atomic E-state index is 13.9. The number of carbonyl (C=O) groups is 2. The van der Waals surface area contributed by atoms with Crippen LogP contribution in [0.25, 0.3) is 5.78 Å². The van der Waals surface area contributed by atoms with E-state index < -0.39 is 24.3 Å². The summed E-state index contributed by atoms with van der Waals surface area (Å²) in [5.41, 5.74) is 0.973. The van der Waals surface area contributed by atoms with Crippen molar-refractivity contribution in [2.75, 3.05) is 13.7 Å². The Morgan fingerprint density at radius 2 is 2.07 bits per heavy atom. The Kier molecular flexibility index (Phi) is 6.07. The number of benzene rings is 1. The van der Waals surface area contributed by atoms with E-state index in [0.717, 1.165) is 0 Å². The number of rotatable bonds is 6. The molecule has 0 radical (unpaired) electrons. The molecule has 0 fully saturated rings. The number of halogens is 2. The minimum absolute atomic E-state index is 0.0500. The summed E-state index contributed by atoms with van der Waals surface area (Å²) in [5.74, 6) is -1.42. The molecule has 29 heavy (non-hydrogen) atoms. The standard InChI is InChI=1S/C19H19ClFN5O3/c1-11(2)17-12(7-22-19-23-10-24-26(17)19)18(28)29-9-16(27)25(3)8-13-14(20)5-4-6-15(13)21/h4-7,10-11H,8-9H2,1-3H3. The second-order valence-corrected chi connectivity index (χ2v) is 7.12. The fourth-order valence-corrected chi connectivity index (χ4v) is 3.06. The third-order valence-electron chi connectivity index (χ3n) is 4.32. The first kappa shape index (κ1) is 20.7. The Morgan fingerprint density at radius 1 is 1.31 bits per heavy atom. The van der Waals surface area contributed by atoms with Gasteiger partial charge in [0.25, 0.3) is 11.7 Å². The maximum atomic E-state index is 13.9. The average molecular weight is 420 g/mol. The van der Waals surface area contributed by atoms with Crippen LogP contribution in [0.5, 0.6) is 0 Å². The van der Waals surface area contributed by atoms with Crippen LogP contribution in [0.1, 0.15) is 41.4 Å². The molecule has 0 atom stereocenters. The number of hydrogen-bond acceptors (Lipinski definition) is 6. The van der Waals surface area contributed by atoms with Crippen LogP contribution in [0.3, 0.4) is 0 Å². The van der Waals surface area contributed by atoms with Gasteiger partial charge >= 0.3 is 5.97 Å². The SMILES string of the molecule is CC(C)c1c(C(=O)OCC(=O)N(C)Cc2c(F)cccc2Cl)cnc2ncnn12. The van der Waals surface area contributed by atoms with Gasteiger partial charge in [-0.2, -0.15) is 10.1 Å². The van der Waals surface area contributed by atoms with Crippen LogP contribution >= 0.6 is 11.6 Å². The van der Waals surface area contributed by atoms with Crippen molar-refractivity contribution < 1.29 is 18.7 Å². The summed E-state index contributed by atoms with van der Waals surface area (Å²) in [6.07, 6.45) is 2.70. The fourth-order valence-electron chi connectivity index (χ4n) is 2.83. The molecule has 0 unspecified atom stereocenters. The molecule has 0 aliphatic carbocycles. The number of ether oxygens (including phenoxy) is 1. The zero-order valence-corrected chi connectivity index (χ0v) is 16.9. The average Bonchev–Trinajstić information content (AvgIpc) is 3.16. The number of hydrogen-bond donors (Lipinski definition) is 0. The Labute approximate surface area is 171 Å². The lowest BCUT2D eigenvalue weighted by Crippen LogP contribution is -2.31. The molecule has 0 aliphatic heterocycles. The van der Waals surface area contributed by atoms with Gasteiger partial charge in [0.2, 0.25) is 0 Å². The van der Waals surface area contributed by atoms with Crippen LogP contribution in [0, 0.1) is 5.82 Å². The molecule has 152 valence electrons. The number of likely N-dealkylation sites (N-methyl/N-ethyl adjacent to an activating group) is 1. The monoisotopic (exact) mass is 419 g/mol. The molecule has 0 aliphatic rings. The first-order chi connectivity index (χ1) is 13.8. The summed E-state index contributed by atoms with van der Waals surface area (Å²) < 4.78 is 20.5. The van der Waals surface area contributed by atoms with Gasteiger partial charge in [0, 0.05) is 30.4 Å². The molecule has 2 heterocycles. The zero-order valence-electron chi connectivity index (χ0n) is 16.1. The van der Waals surface area contributed by atoms with Crippen LogP contribution in [-0.2, 0) is 16.1 Å². The number of amides is 1. The molecule has 2 aromatic heterocycles. The van der Waals surface area contributed by atoms with Crippen molar-refractivity contribution in [1.82, 2.24) is 24.5 Å². The second-order valence-electron chi connectivity index (χ2n) is 6.71. The van der Waals surface area contributed by atoms with Crippen molar-refractivity contribution in [2.24, 2.45) is 0 Å². The van der Waals surface area contributed by atoms with E-state index >= 15 is 0 Å². The molecular weight excluding hydrogens is 401 g/mol. The van der Waals surface area contributed by atoms with Crippen molar-refractivity contribution in [2.45, 2.75) is 26.3 Å². The smallest absolute Gasteiger partial charge is 0.342 e. The van der Waals surface area contributed by atoms with Gasteiger partial charge in [-0.05, 0) is 18.1 Å². The van der Waals surface area contributed by atoms with Gasteiger partial charge in [-0.3, -0.25) is 4.79 Å². The lowest BCUT2D eigenvalue weighted by atomic mass is 10.1. The van der Waals surface area contributed by atoms with Crippen molar-refractivity contribution in [3.05, 3.63) is 58.4 Å². The maximum Gasteiger partial charge on any atom is 0.342 e. The van der Waals surface area contributed by atoms with Crippen LogP contribution < -0.4 is 0 Å². The Hall–Kier alpha value is -3.07. The molecule has 8 nitrogen and oxygen atoms in total. The van der Waals surface area contributed by atoms with E-state index in [1.54, 1.807) is 6.07 Å². The molecule has 1 amide bonds. The van der Waals surface area contributed by atoms with E-state index in [-0.39, 0.29) is 28.6 Å². The van der Waals surface area contributed by atoms with Gasteiger partial charge in [-0.15, -0.1) is 0 Å². The lowest BCUT2D eigenvalue weighted by molar-refractivity contribution is -0.133. The highest BCUT2D eigenvalue weighted by Crippen LogP contribution is 2.21. The number of carbonyl (C=O) groups excluding carboxylic acids is 2. The number of nitrogens with zero attached hydrogens (tertiary/aromatic N) is 5. The molecule has 0 N–H and O–H groups in total. The van der Waals surface area contributed by atoms with Crippen molar-refractivity contribution in [1.29, 1.82) is 0 Å². The van der Waals surface area contributed by atoms with E-state index in [0.29, 0.717) is 11.5 Å². The molecule has 0 spiro atoms. The van der Waals surface area contributed by atoms with Gasteiger partial charge in [-0.25, -0.2) is 18.7 Å². The number of esters is 1. The van der Waals surface area contributed by atoms with E-state index in [2.05, 4.69) is 15.1 Å². The minimum atomic E-state index is -0.704. The minimum Gasteiger partial charge on any atom is -0.452 e. The van der Waals surface area contributed by atoms with Crippen LogP contribution in [-0.4, -0.2) is 50.0 Å². The highest BCUT2D eigenvalue weighted by atomic mass is 35.5. The first-order valence-corrected chi connectivity index (χ1v) is 9.20. The summed E-state index contributed by atoms with van der Waals surface area (Å²) in [4.78, 5) is 34.2. The lowest BCUT2D eigenvalue weighted by Gasteiger charge is -2.19. The molecule has 3 aromatic rings. The third-order valence-corrected chi connectivity index (χ3v) is 4.67. The summed E-state index contributed by atoms with van der Waals surface area (Å²) in [5, 5.41) is 4.30. The fraction of sp³-hybridized carbons (Fsp3) is 0.316. The highest BCUT2D eigenvalue weighted by Gasteiger charge is 2.22. The summed E-state index contributed by atoms with van der Waals surface area (Å²) >= 11 is 5.99. The van der Waals surface area contributed by atoms with Gasteiger partial charge in [0.1, 0.15) is 12.1 Å². The zero-order chi connectivity index (χ0) is 21.1. The summed E-state index contributed by atoms with van der Waals surface area (Å²) in [6, 6.07) is 4.29. The van der Waals surface area contributed by atoms with Crippen molar-refractivity contribution in [3.63, 3.8) is 0 Å². The van der Waals surface area contributed by atoms with E-state index in [9.17, 15) is 14.0 Å². The van der Waals surface area contributed by atoms with Crippen molar-refractivity contribution >= 4 is 29.3 Å². The first-order valence-electron chi connectivity index (χ1n) is 8.82. The molecular formula is C19H19ClFN5O3. The van der Waals surface area contributed by atoms with Crippen LogP contribution in [0.4, 0.5) is 4.39 Å². The van der Waals surface area contributed by atoms with Crippen molar-refractivity contribution in [3.8, 4) is 0 Å². The molecule has 0 saturated heterocycles. The summed E-state index contributed by atoms with van der Waals surface area (Å²) in [6.45, 7) is 3.23. The predicted molar refractivity (Wildman–Crippen MR) is 103 cm³/mol. The van der Waals surface area contributed by atoms with Gasteiger partial charge in [-0.1, -0.05) is 31.5 Å². The molecule has 10 heteroatoms. The number of fused-ring (bicyclic) bond motifs is 1. The molecule has 3 rings (SSSR count). The van der Waals surface area contributed by atoms with E-state index in [4.69, 9.17) is 16.3 Å². The van der Waals surface area contributed by atoms with Gasteiger partial charge in [0.15, 0.2) is 6.61 Å².